The van der Waals surface area contributed by atoms with E-state index < -0.39 is 32.8 Å². The van der Waals surface area contributed by atoms with Crippen LogP contribution in [0.1, 0.15) is 23.2 Å². The van der Waals surface area contributed by atoms with Gasteiger partial charge in [0.15, 0.2) is 23.1 Å². The van der Waals surface area contributed by atoms with Crippen molar-refractivity contribution in [3.05, 3.63) is 42.0 Å². The lowest BCUT2D eigenvalue weighted by atomic mass is 10.1. The maximum atomic E-state index is 14.9. The van der Waals surface area contributed by atoms with Gasteiger partial charge < -0.3 is 20.7 Å². The lowest BCUT2D eigenvalue weighted by Crippen LogP contribution is -2.49. The highest BCUT2D eigenvalue weighted by molar-refractivity contribution is 7.89. The van der Waals surface area contributed by atoms with Crippen LogP contribution in [0.5, 0.6) is 0 Å². The number of nitrogen functional groups attached to an aromatic ring is 1. The van der Waals surface area contributed by atoms with Crippen LogP contribution in [0.2, 0.25) is 0 Å². The predicted molar refractivity (Wildman–Crippen MR) is 126 cm³/mol. The molecule has 2 fully saturated rings. The lowest BCUT2D eigenvalue weighted by Gasteiger charge is -2.37. The van der Waals surface area contributed by atoms with E-state index in [-0.39, 0.29) is 41.5 Å². The number of piperidine rings is 1. The number of rotatable bonds is 5. The first-order chi connectivity index (χ1) is 17.3. The van der Waals surface area contributed by atoms with Gasteiger partial charge in [0.2, 0.25) is 10.0 Å². The molecule has 3 aromatic heterocycles. The number of sulfonamides is 1. The quantitative estimate of drug-likeness (QED) is 0.498. The largest absolute Gasteiger partial charge is 0.381 e. The van der Waals surface area contributed by atoms with E-state index in [1.165, 1.54) is 10.5 Å². The van der Waals surface area contributed by atoms with Crippen LogP contribution in [0.15, 0.2) is 24.8 Å². The van der Waals surface area contributed by atoms with Gasteiger partial charge in [0.05, 0.1) is 48.9 Å². The molecule has 2 aliphatic heterocycles. The van der Waals surface area contributed by atoms with E-state index in [9.17, 15) is 22.0 Å². The summed E-state index contributed by atoms with van der Waals surface area (Å²) in [5.74, 6) is -2.23. The third kappa shape index (κ3) is 4.44. The third-order valence-electron chi connectivity index (χ3n) is 6.33. The molecule has 1 amide bonds. The summed E-state index contributed by atoms with van der Waals surface area (Å²) >= 11 is 0. The first-order valence-electron chi connectivity index (χ1n) is 11.3. The fourth-order valence-electron chi connectivity index (χ4n) is 4.56. The number of morpholine rings is 1. The fraction of sp³-hybridized carbons (Fsp3) is 0.429. The van der Waals surface area contributed by atoms with E-state index in [0.29, 0.717) is 39.1 Å². The molecule has 0 radical (unpaired) electrons. The molecule has 0 aliphatic carbocycles. The number of carbonyl (C=O) groups is 1. The van der Waals surface area contributed by atoms with Gasteiger partial charge in [-0.3, -0.25) is 9.78 Å². The number of hydrogen-bond donors (Lipinski definition) is 2. The number of halogens is 2. The van der Waals surface area contributed by atoms with E-state index in [1.54, 1.807) is 4.90 Å². The molecular weight excluding hydrogens is 498 g/mol. The normalized spacial score (nSPS) is 18.0. The fourth-order valence-corrected chi connectivity index (χ4v) is 6.45. The Labute approximate surface area is 205 Å². The number of carbonyl (C=O) groups excluding carboxylic acids is 1. The molecule has 0 saturated carbocycles. The van der Waals surface area contributed by atoms with Crippen molar-refractivity contribution >= 4 is 38.8 Å². The van der Waals surface area contributed by atoms with E-state index >= 15 is 0 Å². The molecule has 192 valence electrons. The standard InChI is InChI=1S/C21H24F2N8O4S/c22-13-9-26-20-17(19(24)28-31(20)12-13)21(32)27-16-11-25-10-15(23)18(16)29-3-1-14(2-4-29)36(33,34)30-5-7-35-8-6-30/h9-12,14H,1-8H2,(H2,24,28)(H,27,32). The Hall–Kier alpha value is -3.43. The zero-order valence-electron chi connectivity index (χ0n) is 19.1. The van der Waals surface area contributed by atoms with Crippen LogP contribution < -0.4 is 16.0 Å². The minimum Gasteiger partial charge on any atom is -0.381 e. The van der Waals surface area contributed by atoms with Crippen LogP contribution in [-0.4, -0.2) is 82.9 Å². The number of nitrogens with two attached hydrogens (primary N) is 1. The van der Waals surface area contributed by atoms with E-state index in [1.807, 2.05) is 0 Å². The number of amides is 1. The number of pyridine rings is 1. The Morgan fingerprint density at radius 1 is 1.11 bits per heavy atom. The zero-order chi connectivity index (χ0) is 25.4. The van der Waals surface area contributed by atoms with Crippen molar-refractivity contribution in [1.82, 2.24) is 23.9 Å². The molecular formula is C21H24F2N8O4S. The van der Waals surface area contributed by atoms with Crippen molar-refractivity contribution in [3.63, 3.8) is 0 Å². The smallest absolute Gasteiger partial charge is 0.263 e. The monoisotopic (exact) mass is 522 g/mol. The van der Waals surface area contributed by atoms with Crippen LogP contribution in [0, 0.1) is 11.6 Å². The molecule has 5 rings (SSSR count). The summed E-state index contributed by atoms with van der Waals surface area (Å²) < 4.78 is 62.2. The summed E-state index contributed by atoms with van der Waals surface area (Å²) in [6.07, 6.45) is 4.87. The number of nitrogens with one attached hydrogen (secondary N) is 1. The van der Waals surface area contributed by atoms with Crippen LogP contribution in [0.3, 0.4) is 0 Å². The van der Waals surface area contributed by atoms with Gasteiger partial charge in [0.1, 0.15) is 11.3 Å². The summed E-state index contributed by atoms with van der Waals surface area (Å²) in [7, 11) is -3.49. The number of hydrogen-bond acceptors (Lipinski definition) is 9. The average molecular weight is 523 g/mol. The first kappa shape index (κ1) is 24.3. The third-order valence-corrected chi connectivity index (χ3v) is 8.72. The van der Waals surface area contributed by atoms with Crippen LogP contribution in [0.25, 0.3) is 5.65 Å². The molecule has 0 bridgehead atoms. The summed E-state index contributed by atoms with van der Waals surface area (Å²) in [6, 6.07) is 0. The second-order valence-electron chi connectivity index (χ2n) is 8.51. The molecule has 3 N–H and O–H groups in total. The van der Waals surface area contributed by atoms with Gasteiger partial charge in [-0.2, -0.15) is 4.31 Å². The highest BCUT2D eigenvalue weighted by atomic mass is 32.2. The highest BCUT2D eigenvalue weighted by Crippen LogP contribution is 2.33. The molecule has 0 spiro atoms. The lowest BCUT2D eigenvalue weighted by molar-refractivity contribution is 0.0724. The Bertz CT molecular complexity index is 1400. The molecule has 5 heterocycles. The van der Waals surface area contributed by atoms with Gasteiger partial charge in [-0.15, -0.1) is 5.10 Å². The van der Waals surface area contributed by atoms with Crippen molar-refractivity contribution in [2.75, 3.05) is 55.3 Å². The maximum absolute atomic E-state index is 14.9. The van der Waals surface area contributed by atoms with Crippen LogP contribution in [0.4, 0.5) is 26.0 Å². The second-order valence-corrected chi connectivity index (χ2v) is 10.7. The van der Waals surface area contributed by atoms with Gasteiger partial charge >= 0.3 is 0 Å². The Morgan fingerprint density at radius 3 is 2.56 bits per heavy atom. The first-order valence-corrected chi connectivity index (χ1v) is 12.8. The Balaban J connectivity index is 1.35. The van der Waals surface area contributed by atoms with Gasteiger partial charge in [-0.05, 0) is 12.8 Å². The molecule has 15 heteroatoms. The SMILES string of the molecule is Nc1nn2cc(F)cnc2c1C(=O)Nc1cncc(F)c1N1CCC(S(=O)(=O)N2CCOCC2)CC1. The van der Waals surface area contributed by atoms with Gasteiger partial charge in [-0.25, -0.2) is 26.7 Å². The van der Waals surface area contributed by atoms with Crippen molar-refractivity contribution in [2.45, 2.75) is 18.1 Å². The molecule has 2 aliphatic rings. The van der Waals surface area contributed by atoms with E-state index in [2.05, 4.69) is 20.4 Å². The molecule has 0 aromatic carbocycles. The minimum absolute atomic E-state index is 0.0337. The van der Waals surface area contributed by atoms with Crippen molar-refractivity contribution in [1.29, 1.82) is 0 Å². The van der Waals surface area contributed by atoms with Gasteiger partial charge in [0, 0.05) is 26.2 Å². The second kappa shape index (κ2) is 9.55. The number of ether oxygens (including phenoxy) is 1. The summed E-state index contributed by atoms with van der Waals surface area (Å²) in [4.78, 5) is 22.5. The van der Waals surface area contributed by atoms with Gasteiger partial charge in [-0.1, -0.05) is 0 Å². The number of anilines is 3. The summed E-state index contributed by atoms with van der Waals surface area (Å²) in [6.45, 7) is 1.91. The summed E-state index contributed by atoms with van der Waals surface area (Å²) in [5, 5.41) is 5.92. The van der Waals surface area contributed by atoms with Crippen molar-refractivity contribution < 1.29 is 26.7 Å². The number of aromatic nitrogens is 4. The molecule has 2 saturated heterocycles. The Kier molecular flexibility index (Phi) is 6.44. The number of nitrogens with zero attached hydrogens (tertiary/aromatic N) is 6. The highest BCUT2D eigenvalue weighted by Gasteiger charge is 2.36. The average Bonchev–Trinajstić information content (AvgIpc) is 3.19. The molecule has 0 atom stereocenters. The predicted octanol–water partition coefficient (Wildman–Crippen LogP) is 0.868. The molecule has 12 nitrogen and oxygen atoms in total. The number of fused-ring (bicyclic) bond motifs is 1. The van der Waals surface area contributed by atoms with Crippen LogP contribution >= 0.6 is 0 Å². The minimum atomic E-state index is -3.49. The molecule has 0 unspecified atom stereocenters. The van der Waals surface area contributed by atoms with Crippen molar-refractivity contribution in [2.24, 2.45) is 0 Å². The van der Waals surface area contributed by atoms with E-state index in [0.717, 1.165) is 23.1 Å². The van der Waals surface area contributed by atoms with Crippen molar-refractivity contribution in [3.8, 4) is 0 Å². The molecule has 36 heavy (non-hydrogen) atoms. The van der Waals surface area contributed by atoms with Gasteiger partial charge in [0.25, 0.3) is 5.91 Å². The summed E-state index contributed by atoms with van der Waals surface area (Å²) in [5.41, 5.74) is 5.97. The van der Waals surface area contributed by atoms with Crippen LogP contribution in [-0.2, 0) is 14.8 Å². The molecule has 3 aromatic rings. The zero-order valence-corrected chi connectivity index (χ0v) is 19.9. The Morgan fingerprint density at radius 2 is 1.83 bits per heavy atom. The topological polar surface area (TPSA) is 148 Å². The maximum Gasteiger partial charge on any atom is 0.263 e. The van der Waals surface area contributed by atoms with E-state index in [4.69, 9.17) is 10.5 Å².